The van der Waals surface area contributed by atoms with E-state index in [2.05, 4.69) is 11.8 Å². The number of aryl methyl sites for hydroxylation is 1. The van der Waals surface area contributed by atoms with Crippen LogP contribution in [0.2, 0.25) is 5.02 Å². The fraction of sp³-hybridized carbons (Fsp3) is 0.385. The Hall–Kier alpha value is -0.970. The third kappa shape index (κ3) is 3.58. The molecule has 0 radical (unpaired) electrons. The normalized spacial score (nSPS) is 12.1. The van der Waals surface area contributed by atoms with Gasteiger partial charge in [0.25, 0.3) is 0 Å². The minimum Gasteiger partial charge on any atom is -0.380 e. The van der Waals surface area contributed by atoms with Crippen LogP contribution in [0.3, 0.4) is 0 Å². The second kappa shape index (κ2) is 5.21. The van der Waals surface area contributed by atoms with Gasteiger partial charge in [-0.3, -0.25) is 0 Å². The first-order valence-electron chi connectivity index (χ1n) is 4.96. The Morgan fingerprint density at radius 3 is 2.53 bits per heavy atom. The van der Waals surface area contributed by atoms with Gasteiger partial charge in [-0.2, -0.15) is 0 Å². The van der Waals surface area contributed by atoms with Gasteiger partial charge in [0.2, 0.25) is 0 Å². The SMILES string of the molecule is Cc1cc(C#CC(O)C(C)C)ccc1Cl. The zero-order valence-electron chi connectivity index (χ0n) is 9.21. The molecule has 1 aromatic carbocycles. The molecule has 0 fully saturated rings. The van der Waals surface area contributed by atoms with Crippen molar-refractivity contribution in [3.8, 4) is 11.8 Å². The summed E-state index contributed by atoms with van der Waals surface area (Å²) in [6.07, 6.45) is -0.569. The Kier molecular flexibility index (Phi) is 4.20. The lowest BCUT2D eigenvalue weighted by molar-refractivity contribution is 0.181. The average molecular weight is 223 g/mol. The molecule has 1 rings (SSSR count). The summed E-state index contributed by atoms with van der Waals surface area (Å²) >= 11 is 5.90. The van der Waals surface area contributed by atoms with Crippen LogP contribution < -0.4 is 0 Å². The number of aliphatic hydroxyl groups excluding tert-OH is 1. The van der Waals surface area contributed by atoms with Crippen molar-refractivity contribution < 1.29 is 5.11 Å². The summed E-state index contributed by atoms with van der Waals surface area (Å²) in [6, 6.07) is 5.60. The fourth-order valence-electron chi connectivity index (χ4n) is 1.05. The summed E-state index contributed by atoms with van der Waals surface area (Å²) in [4.78, 5) is 0. The Balaban J connectivity index is 2.85. The molecule has 0 aromatic heterocycles. The number of hydrogen-bond acceptors (Lipinski definition) is 1. The molecule has 15 heavy (non-hydrogen) atoms. The summed E-state index contributed by atoms with van der Waals surface area (Å²) in [5.41, 5.74) is 1.89. The molecule has 0 aliphatic carbocycles. The van der Waals surface area contributed by atoms with Crippen LogP contribution in [0.15, 0.2) is 18.2 Å². The highest BCUT2D eigenvalue weighted by Gasteiger charge is 2.03. The van der Waals surface area contributed by atoms with E-state index in [1.165, 1.54) is 0 Å². The number of rotatable bonds is 1. The van der Waals surface area contributed by atoms with Crippen LogP contribution in [-0.4, -0.2) is 11.2 Å². The molecule has 1 N–H and O–H groups in total. The quantitative estimate of drug-likeness (QED) is 0.725. The van der Waals surface area contributed by atoms with Crippen molar-refractivity contribution in [2.75, 3.05) is 0 Å². The van der Waals surface area contributed by atoms with Gasteiger partial charge in [-0.05, 0) is 36.6 Å². The van der Waals surface area contributed by atoms with Gasteiger partial charge in [0.05, 0.1) is 0 Å². The zero-order valence-corrected chi connectivity index (χ0v) is 9.97. The molecule has 1 unspecified atom stereocenters. The van der Waals surface area contributed by atoms with Crippen molar-refractivity contribution in [3.05, 3.63) is 34.3 Å². The van der Waals surface area contributed by atoms with Crippen LogP contribution in [0.4, 0.5) is 0 Å². The predicted octanol–water partition coefficient (Wildman–Crippen LogP) is 3.02. The topological polar surface area (TPSA) is 20.2 Å². The van der Waals surface area contributed by atoms with Crippen LogP contribution in [0.1, 0.15) is 25.0 Å². The van der Waals surface area contributed by atoms with Crippen LogP contribution in [0.5, 0.6) is 0 Å². The summed E-state index contributed by atoms with van der Waals surface area (Å²) in [7, 11) is 0. The maximum absolute atomic E-state index is 9.51. The summed E-state index contributed by atoms with van der Waals surface area (Å²) in [5, 5.41) is 10.3. The first kappa shape index (κ1) is 12.1. The summed E-state index contributed by atoms with van der Waals surface area (Å²) in [5.74, 6) is 5.90. The van der Waals surface area contributed by atoms with Crippen LogP contribution >= 0.6 is 11.6 Å². The van der Waals surface area contributed by atoms with E-state index in [1.54, 1.807) is 0 Å². The zero-order chi connectivity index (χ0) is 11.4. The lowest BCUT2D eigenvalue weighted by atomic mass is 10.1. The Bertz CT molecular complexity index is 399. The van der Waals surface area contributed by atoms with Gasteiger partial charge >= 0.3 is 0 Å². The molecule has 0 heterocycles. The Morgan fingerprint density at radius 2 is 2.00 bits per heavy atom. The first-order valence-corrected chi connectivity index (χ1v) is 5.34. The molecule has 0 bridgehead atoms. The Morgan fingerprint density at radius 1 is 1.33 bits per heavy atom. The van der Waals surface area contributed by atoms with E-state index in [-0.39, 0.29) is 5.92 Å². The molecule has 80 valence electrons. The van der Waals surface area contributed by atoms with Crippen LogP contribution in [-0.2, 0) is 0 Å². The third-order valence-electron chi connectivity index (χ3n) is 2.15. The van der Waals surface area contributed by atoms with Crippen molar-refractivity contribution >= 4 is 11.6 Å². The molecule has 0 amide bonds. The average Bonchev–Trinajstić information content (AvgIpc) is 2.19. The van der Waals surface area contributed by atoms with Gasteiger partial charge in [0.15, 0.2) is 0 Å². The molecule has 0 saturated carbocycles. The maximum Gasteiger partial charge on any atom is 0.117 e. The summed E-state index contributed by atoms with van der Waals surface area (Å²) < 4.78 is 0. The van der Waals surface area contributed by atoms with Gasteiger partial charge in [-0.25, -0.2) is 0 Å². The lowest BCUT2D eigenvalue weighted by Gasteiger charge is -2.05. The fourth-order valence-corrected chi connectivity index (χ4v) is 1.16. The van der Waals surface area contributed by atoms with E-state index in [0.717, 1.165) is 16.1 Å². The molecular weight excluding hydrogens is 208 g/mol. The molecular formula is C13H15ClO. The third-order valence-corrected chi connectivity index (χ3v) is 2.58. The highest BCUT2D eigenvalue weighted by molar-refractivity contribution is 6.31. The molecule has 2 heteroatoms. The smallest absolute Gasteiger partial charge is 0.117 e. The first-order chi connectivity index (χ1) is 7.00. The molecule has 1 aromatic rings. The standard InChI is InChI=1S/C13H15ClO/c1-9(2)13(15)7-5-11-4-6-12(14)10(3)8-11/h4,6,8-9,13,15H,1-3H3. The van der Waals surface area contributed by atoms with Gasteiger partial charge in [0.1, 0.15) is 6.10 Å². The second-order valence-electron chi connectivity index (χ2n) is 3.92. The predicted molar refractivity (Wildman–Crippen MR) is 63.9 cm³/mol. The number of aliphatic hydroxyl groups is 1. The van der Waals surface area contributed by atoms with E-state index in [0.29, 0.717) is 0 Å². The minimum absolute atomic E-state index is 0.158. The van der Waals surface area contributed by atoms with Gasteiger partial charge in [-0.15, -0.1) is 0 Å². The molecule has 1 nitrogen and oxygen atoms in total. The maximum atomic E-state index is 9.51. The number of hydrogen-bond donors (Lipinski definition) is 1. The molecule has 0 spiro atoms. The van der Waals surface area contributed by atoms with Gasteiger partial charge < -0.3 is 5.11 Å². The molecule has 0 aliphatic heterocycles. The number of benzene rings is 1. The van der Waals surface area contributed by atoms with Crippen molar-refractivity contribution in [1.82, 2.24) is 0 Å². The monoisotopic (exact) mass is 222 g/mol. The van der Waals surface area contributed by atoms with Crippen LogP contribution in [0.25, 0.3) is 0 Å². The molecule has 1 atom stereocenters. The van der Waals surface area contributed by atoms with Crippen molar-refractivity contribution in [2.24, 2.45) is 5.92 Å². The van der Waals surface area contributed by atoms with Gasteiger partial charge in [0, 0.05) is 10.6 Å². The Labute approximate surface area is 96.1 Å². The number of halogens is 1. The minimum atomic E-state index is -0.569. The van der Waals surface area contributed by atoms with Crippen molar-refractivity contribution in [1.29, 1.82) is 0 Å². The van der Waals surface area contributed by atoms with Crippen molar-refractivity contribution in [3.63, 3.8) is 0 Å². The van der Waals surface area contributed by atoms with Gasteiger partial charge in [-0.1, -0.05) is 37.3 Å². The van der Waals surface area contributed by atoms with E-state index >= 15 is 0 Å². The highest BCUT2D eigenvalue weighted by atomic mass is 35.5. The van der Waals surface area contributed by atoms with Crippen molar-refractivity contribution in [2.45, 2.75) is 26.9 Å². The largest absolute Gasteiger partial charge is 0.380 e. The van der Waals surface area contributed by atoms with E-state index < -0.39 is 6.10 Å². The molecule has 0 aliphatic rings. The second-order valence-corrected chi connectivity index (χ2v) is 4.33. The molecule has 0 saturated heterocycles. The van der Waals surface area contributed by atoms with E-state index in [4.69, 9.17) is 11.6 Å². The van der Waals surface area contributed by atoms with Crippen LogP contribution in [0, 0.1) is 24.7 Å². The van der Waals surface area contributed by atoms with E-state index in [1.807, 2.05) is 39.0 Å². The highest BCUT2D eigenvalue weighted by Crippen LogP contribution is 2.15. The summed E-state index contributed by atoms with van der Waals surface area (Å²) in [6.45, 7) is 5.81. The van der Waals surface area contributed by atoms with E-state index in [9.17, 15) is 5.11 Å². The lowest BCUT2D eigenvalue weighted by Crippen LogP contribution is -2.11.